The van der Waals surface area contributed by atoms with Crippen molar-refractivity contribution in [2.24, 2.45) is 0 Å². The van der Waals surface area contributed by atoms with E-state index in [0.29, 0.717) is 41.4 Å². The van der Waals surface area contributed by atoms with E-state index in [1.807, 2.05) is 0 Å². The number of carbonyl (C=O) groups excluding carboxylic acids is 2. The van der Waals surface area contributed by atoms with Gasteiger partial charge in [0.2, 0.25) is 5.91 Å². The van der Waals surface area contributed by atoms with Crippen LogP contribution in [0.5, 0.6) is 0 Å². The number of likely N-dealkylation sites (tertiary alicyclic amines) is 1. The van der Waals surface area contributed by atoms with E-state index in [4.69, 9.17) is 0 Å². The summed E-state index contributed by atoms with van der Waals surface area (Å²) in [6.07, 6.45) is -3.27. The molecule has 3 rings (SSSR count). The number of methoxy groups -OCH3 is 1. The Kier molecular flexibility index (Phi) is 8.28. The highest BCUT2D eigenvalue weighted by atomic mass is 32.2. The van der Waals surface area contributed by atoms with E-state index < -0.39 is 36.7 Å². The van der Waals surface area contributed by atoms with E-state index >= 15 is 0 Å². The van der Waals surface area contributed by atoms with Crippen LogP contribution in [0.3, 0.4) is 0 Å². The van der Waals surface area contributed by atoms with Crippen LogP contribution in [0.1, 0.15) is 37.3 Å². The first-order chi connectivity index (χ1) is 15.7. The highest BCUT2D eigenvalue weighted by Crippen LogP contribution is 2.35. The first-order valence-corrected chi connectivity index (χ1v) is 11.3. The van der Waals surface area contributed by atoms with Gasteiger partial charge < -0.3 is 9.64 Å². The Balaban J connectivity index is 1.86. The van der Waals surface area contributed by atoms with Crippen LogP contribution in [-0.4, -0.2) is 58.9 Å². The van der Waals surface area contributed by atoms with Crippen molar-refractivity contribution in [3.05, 3.63) is 42.0 Å². The molecule has 1 aromatic carbocycles. The largest absolute Gasteiger partial charge is 0.468 e. The summed E-state index contributed by atoms with van der Waals surface area (Å²) in [7, 11) is 1.28. The van der Waals surface area contributed by atoms with E-state index in [9.17, 15) is 27.2 Å². The zero-order valence-electron chi connectivity index (χ0n) is 17.9. The molecule has 1 aromatic heterocycles. The highest BCUT2D eigenvalue weighted by Gasteiger charge is 2.32. The average molecular weight is 486 g/mol. The van der Waals surface area contributed by atoms with Crippen molar-refractivity contribution in [1.29, 1.82) is 0 Å². The molecule has 2 heterocycles. The zero-order chi connectivity index (χ0) is 24.0. The number of amides is 1. The lowest BCUT2D eigenvalue weighted by molar-refractivity contribution is -0.149. The number of carbonyl (C=O) groups is 2. The van der Waals surface area contributed by atoms with Gasteiger partial charge in [0.25, 0.3) is 0 Å². The first kappa shape index (κ1) is 24.9. The van der Waals surface area contributed by atoms with E-state index in [1.54, 1.807) is 18.3 Å². The van der Waals surface area contributed by atoms with Gasteiger partial charge >= 0.3 is 12.1 Å². The third-order valence-corrected chi connectivity index (χ3v) is 6.12. The number of benzene rings is 1. The van der Waals surface area contributed by atoms with Crippen molar-refractivity contribution in [2.45, 2.75) is 42.9 Å². The normalized spacial score (nSPS) is 16.5. The van der Waals surface area contributed by atoms with Crippen LogP contribution in [0.15, 0.2) is 35.6 Å². The van der Waals surface area contributed by atoms with Crippen molar-refractivity contribution in [3.63, 3.8) is 0 Å². The van der Waals surface area contributed by atoms with Crippen LogP contribution in [0.4, 0.5) is 17.6 Å². The van der Waals surface area contributed by atoms with Crippen molar-refractivity contribution < 1.29 is 31.9 Å². The molecule has 1 unspecified atom stereocenters. The number of piperidine rings is 1. The van der Waals surface area contributed by atoms with Gasteiger partial charge in [-0.05, 0) is 30.5 Å². The lowest BCUT2D eigenvalue weighted by Gasteiger charge is -2.33. The van der Waals surface area contributed by atoms with E-state index in [2.05, 4.69) is 14.7 Å². The summed E-state index contributed by atoms with van der Waals surface area (Å²) < 4.78 is 55.7. The molecule has 6 nitrogen and oxygen atoms in total. The molecule has 0 bridgehead atoms. The number of halogens is 4. The lowest BCUT2D eigenvalue weighted by atomic mass is 9.90. The van der Waals surface area contributed by atoms with Gasteiger partial charge in [-0.25, -0.2) is 14.4 Å². The van der Waals surface area contributed by atoms with Crippen LogP contribution in [0, 0.1) is 5.82 Å². The Hall–Kier alpha value is -2.69. The van der Waals surface area contributed by atoms with Crippen LogP contribution in [0.25, 0.3) is 11.1 Å². The van der Waals surface area contributed by atoms with Gasteiger partial charge in [-0.15, -0.1) is 0 Å². The molecule has 178 valence electrons. The quantitative estimate of drug-likeness (QED) is 0.247. The third kappa shape index (κ3) is 7.15. The average Bonchev–Trinajstić information content (AvgIpc) is 2.81. The zero-order valence-corrected chi connectivity index (χ0v) is 18.7. The molecule has 0 radical (unpaired) electrons. The number of hydrogen-bond acceptors (Lipinski definition) is 6. The Bertz CT molecular complexity index is 986. The predicted octanol–water partition coefficient (Wildman–Crippen LogP) is 4.60. The lowest BCUT2D eigenvalue weighted by Crippen LogP contribution is -2.39. The maximum atomic E-state index is 13.4. The van der Waals surface area contributed by atoms with Gasteiger partial charge in [-0.1, -0.05) is 23.9 Å². The summed E-state index contributed by atoms with van der Waals surface area (Å²) in [5, 5.41) is 0.335. The molecule has 11 heteroatoms. The van der Waals surface area contributed by atoms with E-state index in [0.717, 1.165) is 11.8 Å². The fourth-order valence-electron chi connectivity index (χ4n) is 3.63. The Morgan fingerprint density at radius 2 is 1.97 bits per heavy atom. The summed E-state index contributed by atoms with van der Waals surface area (Å²) in [6.45, 7) is 0.608. The number of aromatic nitrogens is 2. The SMILES string of the molecule is COC(=O)CSc1ncc(-c2ccc(F)cc2)c(C2CCCN(C(=O)CCC(F)(F)F)C2)n1. The van der Waals surface area contributed by atoms with Crippen molar-refractivity contribution >= 4 is 23.6 Å². The smallest absolute Gasteiger partial charge is 0.389 e. The molecule has 0 saturated carbocycles. The minimum atomic E-state index is -4.39. The van der Waals surface area contributed by atoms with Gasteiger partial charge in [-0.2, -0.15) is 13.2 Å². The van der Waals surface area contributed by atoms with E-state index in [-0.39, 0.29) is 18.2 Å². The summed E-state index contributed by atoms with van der Waals surface area (Å²) in [5.74, 6) is -1.61. The number of ether oxygens (including phenoxy) is 1. The fourth-order valence-corrected chi connectivity index (χ4v) is 4.28. The molecule has 1 aliphatic heterocycles. The first-order valence-electron chi connectivity index (χ1n) is 10.3. The van der Waals surface area contributed by atoms with Crippen LogP contribution < -0.4 is 0 Å². The molecule has 1 atom stereocenters. The van der Waals surface area contributed by atoms with Crippen molar-refractivity contribution in [3.8, 4) is 11.1 Å². The summed E-state index contributed by atoms with van der Waals surface area (Å²) in [5.41, 5.74) is 1.93. The summed E-state index contributed by atoms with van der Waals surface area (Å²) in [4.78, 5) is 34.2. The maximum Gasteiger partial charge on any atom is 0.389 e. The molecule has 2 aromatic rings. The predicted molar refractivity (Wildman–Crippen MR) is 114 cm³/mol. The van der Waals surface area contributed by atoms with Gasteiger partial charge in [0.05, 0.1) is 25.0 Å². The molecule has 0 aliphatic carbocycles. The molecular weight excluding hydrogens is 462 g/mol. The van der Waals surface area contributed by atoms with Gasteiger partial charge in [0, 0.05) is 37.2 Å². The molecule has 1 amide bonds. The minimum Gasteiger partial charge on any atom is -0.468 e. The van der Waals surface area contributed by atoms with Gasteiger partial charge in [0.1, 0.15) is 5.82 Å². The van der Waals surface area contributed by atoms with Crippen molar-refractivity contribution in [1.82, 2.24) is 14.9 Å². The number of hydrogen-bond donors (Lipinski definition) is 0. The van der Waals surface area contributed by atoms with Crippen LogP contribution in [-0.2, 0) is 14.3 Å². The molecule has 1 aliphatic rings. The minimum absolute atomic E-state index is 0.0125. The second kappa shape index (κ2) is 11.0. The van der Waals surface area contributed by atoms with Gasteiger partial charge in [-0.3, -0.25) is 9.59 Å². The number of nitrogens with zero attached hydrogens (tertiary/aromatic N) is 3. The second-order valence-electron chi connectivity index (χ2n) is 7.62. The summed E-state index contributed by atoms with van der Waals surface area (Å²) >= 11 is 1.09. The fraction of sp³-hybridized carbons (Fsp3) is 0.455. The maximum absolute atomic E-state index is 13.4. The van der Waals surface area contributed by atoms with Crippen LogP contribution in [0.2, 0.25) is 0 Å². The third-order valence-electron chi connectivity index (χ3n) is 5.28. The van der Waals surface area contributed by atoms with Gasteiger partial charge in [0.15, 0.2) is 5.16 Å². The molecule has 1 fully saturated rings. The Labute approximate surface area is 192 Å². The standard InChI is InChI=1S/C22H23F4N3O3S/c1-32-19(31)13-33-21-27-11-17(14-4-6-16(23)7-5-14)20(28-21)15-3-2-10-29(12-15)18(30)8-9-22(24,25)26/h4-7,11,15H,2-3,8-10,12-13H2,1H3. The summed E-state index contributed by atoms with van der Waals surface area (Å²) in [6, 6.07) is 5.81. The number of alkyl halides is 3. The Morgan fingerprint density at radius 3 is 2.64 bits per heavy atom. The van der Waals surface area contributed by atoms with Crippen molar-refractivity contribution in [2.75, 3.05) is 26.0 Å². The number of rotatable bonds is 7. The highest BCUT2D eigenvalue weighted by molar-refractivity contribution is 7.99. The molecule has 0 N–H and O–H groups in total. The molecule has 0 spiro atoms. The van der Waals surface area contributed by atoms with E-state index in [1.165, 1.54) is 24.1 Å². The second-order valence-corrected chi connectivity index (χ2v) is 8.56. The topological polar surface area (TPSA) is 72.4 Å². The van der Waals surface area contributed by atoms with Crippen LogP contribution >= 0.6 is 11.8 Å². The molecular formula is C22H23F4N3O3S. The molecule has 1 saturated heterocycles. The number of esters is 1. The monoisotopic (exact) mass is 485 g/mol. The number of thioether (sulfide) groups is 1. The Morgan fingerprint density at radius 1 is 1.24 bits per heavy atom. The molecule has 33 heavy (non-hydrogen) atoms.